The van der Waals surface area contributed by atoms with Gasteiger partial charge in [-0.1, -0.05) is 18.2 Å². The second-order valence-electron chi connectivity index (χ2n) is 5.71. The first-order chi connectivity index (χ1) is 9.83. The highest BCUT2D eigenvalue weighted by Crippen LogP contribution is 2.23. The molecular formula is C16H23N3O. The summed E-state index contributed by atoms with van der Waals surface area (Å²) >= 11 is 0. The van der Waals surface area contributed by atoms with Crippen LogP contribution >= 0.6 is 0 Å². The second-order valence-corrected chi connectivity index (χ2v) is 5.71. The molecule has 20 heavy (non-hydrogen) atoms. The number of carbonyl (C=O) groups excluding carboxylic acids is 1. The summed E-state index contributed by atoms with van der Waals surface area (Å²) in [7, 11) is 0. The van der Waals surface area contributed by atoms with Gasteiger partial charge in [0.1, 0.15) is 0 Å². The molecule has 1 aromatic rings. The van der Waals surface area contributed by atoms with Crippen molar-refractivity contribution in [3.63, 3.8) is 0 Å². The Morgan fingerprint density at radius 1 is 1.25 bits per heavy atom. The molecule has 2 fully saturated rings. The Hall–Kier alpha value is -1.55. The minimum Gasteiger partial charge on any atom is -0.369 e. The number of nitrogens with one attached hydrogen (secondary N) is 2. The van der Waals surface area contributed by atoms with Crippen LogP contribution in [-0.4, -0.2) is 38.1 Å². The molecule has 1 saturated carbocycles. The van der Waals surface area contributed by atoms with Crippen LogP contribution in [0.1, 0.15) is 24.8 Å². The SMILES string of the molecule is O=C(CCc1ccccc1N1CCNCC1)NC1CC1. The lowest BCUT2D eigenvalue weighted by Crippen LogP contribution is -2.43. The number of hydrogen-bond donors (Lipinski definition) is 2. The maximum atomic E-state index is 11.8. The molecule has 1 saturated heterocycles. The first-order valence-electron chi connectivity index (χ1n) is 7.66. The number of piperazine rings is 1. The van der Waals surface area contributed by atoms with Gasteiger partial charge >= 0.3 is 0 Å². The van der Waals surface area contributed by atoms with Crippen LogP contribution in [0.4, 0.5) is 5.69 Å². The summed E-state index contributed by atoms with van der Waals surface area (Å²) < 4.78 is 0. The summed E-state index contributed by atoms with van der Waals surface area (Å²) in [5, 5.41) is 6.44. The Morgan fingerprint density at radius 3 is 2.75 bits per heavy atom. The van der Waals surface area contributed by atoms with Gasteiger partial charge in [0.05, 0.1) is 0 Å². The predicted molar refractivity (Wildman–Crippen MR) is 81.0 cm³/mol. The first-order valence-corrected chi connectivity index (χ1v) is 7.66. The number of carbonyl (C=O) groups is 1. The van der Waals surface area contributed by atoms with Crippen molar-refractivity contribution in [2.45, 2.75) is 31.7 Å². The average molecular weight is 273 g/mol. The van der Waals surface area contributed by atoms with E-state index in [9.17, 15) is 4.79 Å². The third kappa shape index (κ3) is 3.51. The second kappa shape index (κ2) is 6.27. The van der Waals surface area contributed by atoms with E-state index < -0.39 is 0 Å². The van der Waals surface area contributed by atoms with Crippen LogP contribution in [0.5, 0.6) is 0 Å². The van der Waals surface area contributed by atoms with Crippen molar-refractivity contribution in [3.8, 4) is 0 Å². The fourth-order valence-electron chi connectivity index (χ4n) is 2.71. The van der Waals surface area contributed by atoms with E-state index in [0.717, 1.165) is 45.4 Å². The molecule has 0 unspecified atom stereocenters. The highest BCUT2D eigenvalue weighted by atomic mass is 16.1. The van der Waals surface area contributed by atoms with E-state index in [1.807, 2.05) is 0 Å². The van der Waals surface area contributed by atoms with Crippen molar-refractivity contribution in [3.05, 3.63) is 29.8 Å². The van der Waals surface area contributed by atoms with Crippen LogP contribution in [0, 0.1) is 0 Å². The van der Waals surface area contributed by atoms with Gasteiger partial charge in [0.2, 0.25) is 5.91 Å². The summed E-state index contributed by atoms with van der Waals surface area (Å²) in [4.78, 5) is 14.2. The average Bonchev–Trinajstić information content (AvgIpc) is 3.30. The quantitative estimate of drug-likeness (QED) is 0.850. The zero-order valence-electron chi connectivity index (χ0n) is 11.9. The molecule has 4 nitrogen and oxygen atoms in total. The lowest BCUT2D eigenvalue weighted by Gasteiger charge is -2.31. The lowest BCUT2D eigenvalue weighted by molar-refractivity contribution is -0.121. The number of benzene rings is 1. The van der Waals surface area contributed by atoms with Gasteiger partial charge < -0.3 is 15.5 Å². The van der Waals surface area contributed by atoms with Gasteiger partial charge in [-0.25, -0.2) is 0 Å². The molecule has 0 aromatic heterocycles. The highest BCUT2D eigenvalue weighted by Gasteiger charge is 2.23. The molecule has 108 valence electrons. The summed E-state index contributed by atoms with van der Waals surface area (Å²) in [5.41, 5.74) is 2.59. The molecule has 0 bridgehead atoms. The minimum atomic E-state index is 0.197. The molecule has 2 N–H and O–H groups in total. The van der Waals surface area contributed by atoms with E-state index >= 15 is 0 Å². The maximum absolute atomic E-state index is 11.8. The van der Waals surface area contributed by atoms with Crippen molar-refractivity contribution in [1.29, 1.82) is 0 Å². The summed E-state index contributed by atoms with van der Waals surface area (Å²) in [6, 6.07) is 8.96. The molecule has 0 atom stereocenters. The van der Waals surface area contributed by atoms with E-state index in [1.165, 1.54) is 11.3 Å². The Bertz CT molecular complexity index is 465. The van der Waals surface area contributed by atoms with Gasteiger partial charge in [0.15, 0.2) is 0 Å². The third-order valence-electron chi connectivity index (χ3n) is 4.01. The van der Waals surface area contributed by atoms with Crippen molar-refractivity contribution in [2.75, 3.05) is 31.1 Å². The van der Waals surface area contributed by atoms with Crippen molar-refractivity contribution < 1.29 is 4.79 Å². The topological polar surface area (TPSA) is 44.4 Å². The molecule has 4 heteroatoms. The molecule has 0 spiro atoms. The zero-order chi connectivity index (χ0) is 13.8. The molecule has 2 aliphatic rings. The molecule has 1 aliphatic carbocycles. The molecular weight excluding hydrogens is 250 g/mol. The van der Waals surface area contributed by atoms with Gasteiger partial charge in [-0.05, 0) is 30.9 Å². The molecule has 1 amide bonds. The van der Waals surface area contributed by atoms with Crippen molar-refractivity contribution in [2.24, 2.45) is 0 Å². The van der Waals surface area contributed by atoms with E-state index in [2.05, 4.69) is 39.8 Å². The summed E-state index contributed by atoms with van der Waals surface area (Å²) in [5.74, 6) is 0.197. The molecule has 0 radical (unpaired) electrons. The number of aryl methyl sites for hydroxylation is 1. The van der Waals surface area contributed by atoms with Crippen LogP contribution in [-0.2, 0) is 11.2 Å². The van der Waals surface area contributed by atoms with Crippen molar-refractivity contribution in [1.82, 2.24) is 10.6 Å². The van der Waals surface area contributed by atoms with Gasteiger partial charge in [0, 0.05) is 44.3 Å². The number of rotatable bonds is 5. The Balaban J connectivity index is 1.61. The molecule has 1 aliphatic heterocycles. The standard InChI is InChI=1S/C16H23N3O/c20-16(18-14-6-7-14)8-5-13-3-1-2-4-15(13)19-11-9-17-10-12-19/h1-4,14,17H,5-12H2,(H,18,20). The monoisotopic (exact) mass is 273 g/mol. The zero-order valence-corrected chi connectivity index (χ0v) is 11.9. The van der Waals surface area contributed by atoms with Gasteiger partial charge in [-0.3, -0.25) is 4.79 Å². The summed E-state index contributed by atoms with van der Waals surface area (Å²) in [6.07, 6.45) is 3.74. The number of anilines is 1. The third-order valence-corrected chi connectivity index (χ3v) is 4.01. The van der Waals surface area contributed by atoms with E-state index in [4.69, 9.17) is 0 Å². The van der Waals surface area contributed by atoms with E-state index in [0.29, 0.717) is 12.5 Å². The van der Waals surface area contributed by atoms with Crippen molar-refractivity contribution >= 4 is 11.6 Å². The highest BCUT2D eigenvalue weighted by molar-refractivity contribution is 5.77. The molecule has 3 rings (SSSR count). The number of hydrogen-bond acceptors (Lipinski definition) is 3. The lowest BCUT2D eigenvalue weighted by atomic mass is 10.1. The Labute approximate surface area is 120 Å². The van der Waals surface area contributed by atoms with E-state index in [1.54, 1.807) is 0 Å². The van der Waals surface area contributed by atoms with Crippen LogP contribution < -0.4 is 15.5 Å². The normalized spacial score (nSPS) is 18.9. The van der Waals surface area contributed by atoms with Crippen LogP contribution in [0.15, 0.2) is 24.3 Å². The van der Waals surface area contributed by atoms with Crippen LogP contribution in [0.2, 0.25) is 0 Å². The van der Waals surface area contributed by atoms with Crippen LogP contribution in [0.3, 0.4) is 0 Å². The fourth-order valence-corrected chi connectivity index (χ4v) is 2.71. The predicted octanol–water partition coefficient (Wildman–Crippen LogP) is 1.31. The summed E-state index contributed by atoms with van der Waals surface area (Å²) in [6.45, 7) is 4.17. The van der Waals surface area contributed by atoms with Gasteiger partial charge in [-0.15, -0.1) is 0 Å². The Morgan fingerprint density at radius 2 is 2.00 bits per heavy atom. The van der Waals surface area contributed by atoms with Crippen LogP contribution in [0.25, 0.3) is 0 Å². The number of para-hydroxylation sites is 1. The van der Waals surface area contributed by atoms with E-state index in [-0.39, 0.29) is 5.91 Å². The number of amides is 1. The maximum Gasteiger partial charge on any atom is 0.220 e. The fraction of sp³-hybridized carbons (Fsp3) is 0.562. The number of nitrogens with zero attached hydrogens (tertiary/aromatic N) is 1. The Kier molecular flexibility index (Phi) is 4.21. The van der Waals surface area contributed by atoms with Gasteiger partial charge in [0.25, 0.3) is 0 Å². The smallest absolute Gasteiger partial charge is 0.220 e. The first kappa shape index (κ1) is 13.4. The van der Waals surface area contributed by atoms with Gasteiger partial charge in [-0.2, -0.15) is 0 Å². The molecule has 1 heterocycles. The largest absolute Gasteiger partial charge is 0.369 e. The molecule has 1 aromatic carbocycles. The minimum absolute atomic E-state index is 0.197.